The monoisotopic (exact) mass is 399 g/mol. The van der Waals surface area contributed by atoms with Gasteiger partial charge in [-0.25, -0.2) is 4.98 Å². The lowest BCUT2D eigenvalue weighted by molar-refractivity contribution is 1.02. The van der Waals surface area contributed by atoms with Crippen LogP contribution in [-0.4, -0.2) is 15.7 Å². The molecule has 27 heavy (non-hydrogen) atoms. The summed E-state index contributed by atoms with van der Waals surface area (Å²) in [4.78, 5) is 8.87. The molecule has 0 unspecified atom stereocenters. The topological polar surface area (TPSA) is 62.2 Å². The van der Waals surface area contributed by atoms with Crippen LogP contribution in [-0.2, 0) is 6.54 Å². The standard InChI is InChI=1S/C20H19Cl2N5/c1-13-10-19(25-20(24-13)23-12-15-6-4-3-5-7-15)27-26-14(2)16-8-9-17(21)18(22)11-16/h3-11H,12H2,1-2H3,(H2,23,24,25,27)/b26-14+. The Labute approximate surface area is 168 Å². The number of nitrogens with one attached hydrogen (secondary N) is 2. The summed E-state index contributed by atoms with van der Waals surface area (Å²) in [6, 6.07) is 17.3. The van der Waals surface area contributed by atoms with Crippen LogP contribution in [0, 0.1) is 6.92 Å². The minimum atomic E-state index is 0.494. The van der Waals surface area contributed by atoms with Gasteiger partial charge in [-0.3, -0.25) is 5.43 Å². The number of hydrogen-bond acceptors (Lipinski definition) is 5. The van der Waals surface area contributed by atoms with E-state index in [2.05, 4.69) is 25.8 Å². The smallest absolute Gasteiger partial charge is 0.225 e. The number of halogens is 2. The minimum Gasteiger partial charge on any atom is -0.350 e. The molecule has 2 aromatic carbocycles. The lowest BCUT2D eigenvalue weighted by Crippen LogP contribution is -2.07. The third-order valence-electron chi connectivity index (χ3n) is 3.82. The van der Waals surface area contributed by atoms with Gasteiger partial charge in [0.15, 0.2) is 5.82 Å². The molecule has 3 aromatic rings. The van der Waals surface area contributed by atoms with E-state index in [9.17, 15) is 0 Å². The minimum absolute atomic E-state index is 0.494. The van der Waals surface area contributed by atoms with Crippen molar-refractivity contribution in [2.75, 3.05) is 10.7 Å². The summed E-state index contributed by atoms with van der Waals surface area (Å²) in [5.74, 6) is 1.15. The normalized spacial score (nSPS) is 11.3. The van der Waals surface area contributed by atoms with Crippen LogP contribution in [0.4, 0.5) is 11.8 Å². The summed E-state index contributed by atoms with van der Waals surface area (Å²) in [7, 11) is 0. The summed E-state index contributed by atoms with van der Waals surface area (Å²) >= 11 is 12.0. The summed E-state index contributed by atoms with van der Waals surface area (Å²) in [5, 5.41) is 8.63. The maximum Gasteiger partial charge on any atom is 0.225 e. The van der Waals surface area contributed by atoms with Gasteiger partial charge in [0.25, 0.3) is 0 Å². The molecule has 0 saturated carbocycles. The Morgan fingerprint density at radius 1 is 1.00 bits per heavy atom. The molecule has 0 bridgehead atoms. The average Bonchev–Trinajstić information content (AvgIpc) is 2.67. The van der Waals surface area contributed by atoms with E-state index in [1.165, 1.54) is 0 Å². The van der Waals surface area contributed by atoms with Crippen molar-refractivity contribution < 1.29 is 0 Å². The summed E-state index contributed by atoms with van der Waals surface area (Å²) in [6.07, 6.45) is 0. The second-order valence-electron chi connectivity index (χ2n) is 6.00. The zero-order chi connectivity index (χ0) is 19.2. The zero-order valence-electron chi connectivity index (χ0n) is 15.0. The molecule has 0 spiro atoms. The number of anilines is 2. The first-order valence-electron chi connectivity index (χ1n) is 8.40. The number of nitrogens with zero attached hydrogens (tertiary/aromatic N) is 3. The molecular weight excluding hydrogens is 381 g/mol. The highest BCUT2D eigenvalue weighted by Crippen LogP contribution is 2.23. The molecule has 2 N–H and O–H groups in total. The van der Waals surface area contributed by atoms with Crippen LogP contribution in [0.25, 0.3) is 0 Å². The first-order valence-corrected chi connectivity index (χ1v) is 9.16. The van der Waals surface area contributed by atoms with Gasteiger partial charge in [0, 0.05) is 18.3 Å². The fourth-order valence-electron chi connectivity index (χ4n) is 2.41. The Kier molecular flexibility index (Phi) is 6.27. The van der Waals surface area contributed by atoms with Crippen molar-refractivity contribution in [1.82, 2.24) is 9.97 Å². The molecule has 1 heterocycles. The molecule has 0 amide bonds. The molecule has 138 valence electrons. The fraction of sp³-hybridized carbons (Fsp3) is 0.150. The molecule has 0 aliphatic rings. The van der Waals surface area contributed by atoms with Crippen molar-refractivity contribution in [1.29, 1.82) is 0 Å². The number of hydrazone groups is 1. The van der Waals surface area contributed by atoms with E-state index >= 15 is 0 Å². The van der Waals surface area contributed by atoms with Crippen molar-refractivity contribution in [3.8, 4) is 0 Å². The van der Waals surface area contributed by atoms with Crippen molar-refractivity contribution in [2.24, 2.45) is 5.10 Å². The first-order chi connectivity index (χ1) is 13.0. The Morgan fingerprint density at radius 3 is 2.52 bits per heavy atom. The zero-order valence-corrected chi connectivity index (χ0v) is 16.5. The number of rotatable bonds is 6. The van der Waals surface area contributed by atoms with Crippen LogP contribution in [0.3, 0.4) is 0 Å². The lowest BCUT2D eigenvalue weighted by Gasteiger charge is -2.09. The fourth-order valence-corrected chi connectivity index (χ4v) is 2.71. The molecule has 0 radical (unpaired) electrons. The first kappa shape index (κ1) is 19.1. The molecule has 0 saturated heterocycles. The molecule has 1 aromatic heterocycles. The van der Waals surface area contributed by atoms with E-state index in [0.717, 1.165) is 22.5 Å². The largest absolute Gasteiger partial charge is 0.350 e. The van der Waals surface area contributed by atoms with E-state index < -0.39 is 0 Å². The Hall–Kier alpha value is -2.63. The number of aryl methyl sites for hydroxylation is 1. The maximum atomic E-state index is 6.07. The highest BCUT2D eigenvalue weighted by atomic mass is 35.5. The molecule has 3 rings (SSSR count). The van der Waals surface area contributed by atoms with Crippen molar-refractivity contribution in [3.63, 3.8) is 0 Å². The van der Waals surface area contributed by atoms with Crippen molar-refractivity contribution >= 4 is 40.7 Å². The SMILES string of the molecule is C/C(=N\Nc1cc(C)nc(NCc2ccccc2)n1)c1ccc(Cl)c(Cl)c1. The van der Waals surface area contributed by atoms with Gasteiger partial charge in [0.1, 0.15) is 0 Å². The van der Waals surface area contributed by atoms with E-state index in [1.807, 2.05) is 56.3 Å². The van der Waals surface area contributed by atoms with Crippen LogP contribution >= 0.6 is 23.2 Å². The van der Waals surface area contributed by atoms with Gasteiger partial charge >= 0.3 is 0 Å². The molecule has 7 heteroatoms. The van der Waals surface area contributed by atoms with Gasteiger partial charge in [-0.1, -0.05) is 59.6 Å². The number of benzene rings is 2. The van der Waals surface area contributed by atoms with Crippen LogP contribution in [0.5, 0.6) is 0 Å². The third-order valence-corrected chi connectivity index (χ3v) is 4.56. The van der Waals surface area contributed by atoms with Gasteiger partial charge in [-0.2, -0.15) is 10.1 Å². The highest BCUT2D eigenvalue weighted by molar-refractivity contribution is 6.42. The van der Waals surface area contributed by atoms with Gasteiger partial charge in [0.2, 0.25) is 5.95 Å². The number of hydrogen-bond donors (Lipinski definition) is 2. The highest BCUT2D eigenvalue weighted by Gasteiger charge is 2.05. The third kappa shape index (κ3) is 5.42. The Bertz CT molecular complexity index is 958. The van der Waals surface area contributed by atoms with Gasteiger partial charge in [-0.15, -0.1) is 0 Å². The van der Waals surface area contributed by atoms with E-state index in [1.54, 1.807) is 12.1 Å². The molecule has 0 aliphatic heterocycles. The summed E-state index contributed by atoms with van der Waals surface area (Å²) in [5.41, 5.74) is 6.62. The molecule has 0 fully saturated rings. The lowest BCUT2D eigenvalue weighted by atomic mass is 10.1. The molecule has 0 aliphatic carbocycles. The molecule has 5 nitrogen and oxygen atoms in total. The van der Waals surface area contributed by atoms with Crippen LogP contribution in [0.2, 0.25) is 10.0 Å². The van der Waals surface area contributed by atoms with E-state index in [4.69, 9.17) is 23.2 Å². The van der Waals surface area contributed by atoms with Crippen LogP contribution in [0.15, 0.2) is 59.7 Å². The van der Waals surface area contributed by atoms with Crippen LogP contribution < -0.4 is 10.7 Å². The van der Waals surface area contributed by atoms with Crippen LogP contribution in [0.1, 0.15) is 23.7 Å². The predicted octanol–water partition coefficient (Wildman–Crippen LogP) is 5.54. The Morgan fingerprint density at radius 2 is 1.78 bits per heavy atom. The Balaban J connectivity index is 1.71. The van der Waals surface area contributed by atoms with Gasteiger partial charge < -0.3 is 5.32 Å². The molecule has 0 atom stereocenters. The average molecular weight is 400 g/mol. The van der Waals surface area contributed by atoms with E-state index in [0.29, 0.717) is 28.4 Å². The predicted molar refractivity (Wildman–Crippen MR) is 113 cm³/mol. The van der Waals surface area contributed by atoms with Crippen molar-refractivity contribution in [3.05, 3.63) is 81.5 Å². The number of aromatic nitrogens is 2. The quantitative estimate of drug-likeness (QED) is 0.421. The van der Waals surface area contributed by atoms with Gasteiger partial charge in [-0.05, 0) is 37.1 Å². The second kappa shape index (κ2) is 8.84. The van der Waals surface area contributed by atoms with Crippen molar-refractivity contribution in [2.45, 2.75) is 20.4 Å². The molecular formula is C20H19Cl2N5. The second-order valence-corrected chi connectivity index (χ2v) is 6.81. The van der Waals surface area contributed by atoms with E-state index in [-0.39, 0.29) is 0 Å². The summed E-state index contributed by atoms with van der Waals surface area (Å²) in [6.45, 7) is 4.45. The van der Waals surface area contributed by atoms with Gasteiger partial charge in [0.05, 0.1) is 15.8 Å². The summed E-state index contributed by atoms with van der Waals surface area (Å²) < 4.78 is 0. The maximum absolute atomic E-state index is 6.07.